The van der Waals surface area contributed by atoms with E-state index in [2.05, 4.69) is 18.2 Å². The van der Waals surface area contributed by atoms with Gasteiger partial charge in [-0.05, 0) is 59.7 Å². The van der Waals surface area contributed by atoms with E-state index in [1.54, 1.807) is 6.07 Å². The van der Waals surface area contributed by atoms with Gasteiger partial charge >= 0.3 is 0 Å². The smallest absolute Gasteiger partial charge is 0.200 e. The van der Waals surface area contributed by atoms with Crippen molar-refractivity contribution in [1.29, 1.82) is 0 Å². The molecule has 4 heteroatoms. The first-order chi connectivity index (χ1) is 17.2. The van der Waals surface area contributed by atoms with Gasteiger partial charge in [-0.1, -0.05) is 54.6 Å². The summed E-state index contributed by atoms with van der Waals surface area (Å²) < 4.78 is 12.2. The minimum Gasteiger partial charge on any atom is -0.456 e. The van der Waals surface area contributed by atoms with Crippen molar-refractivity contribution in [2.24, 2.45) is 0 Å². The average molecular weight is 451 g/mol. The van der Waals surface area contributed by atoms with Crippen molar-refractivity contribution < 1.29 is 9.15 Å². The lowest BCUT2D eigenvalue weighted by atomic mass is 10.0. The molecule has 0 N–H and O–H groups in total. The molecule has 0 spiro atoms. The number of ether oxygens (including phenoxy) is 1. The minimum absolute atomic E-state index is 0.0382. The van der Waals surface area contributed by atoms with Gasteiger partial charge in [0.1, 0.15) is 22.6 Å². The zero-order valence-electron chi connectivity index (χ0n) is 18.5. The molecular formula is C31H17NO3. The number of para-hydroxylation sites is 3. The van der Waals surface area contributed by atoms with Crippen LogP contribution in [0.4, 0.5) is 11.4 Å². The van der Waals surface area contributed by atoms with Crippen LogP contribution < -0.4 is 15.5 Å². The molecule has 0 atom stereocenters. The largest absolute Gasteiger partial charge is 0.456 e. The molecule has 6 aromatic rings. The fourth-order valence-corrected chi connectivity index (χ4v) is 4.64. The van der Waals surface area contributed by atoms with Gasteiger partial charge in [-0.25, -0.2) is 5.32 Å². The molecule has 0 bridgehead atoms. The highest BCUT2D eigenvalue weighted by Gasteiger charge is 2.23. The van der Waals surface area contributed by atoms with Gasteiger partial charge in [-0.15, -0.1) is 0 Å². The molecule has 0 saturated carbocycles. The van der Waals surface area contributed by atoms with Crippen molar-refractivity contribution >= 4 is 33.3 Å². The molecule has 7 rings (SSSR count). The topological polar surface area (TPSA) is 53.5 Å². The molecule has 1 aliphatic rings. The third-order valence-corrected chi connectivity index (χ3v) is 6.33. The van der Waals surface area contributed by atoms with Crippen LogP contribution in [0.3, 0.4) is 0 Å². The Morgan fingerprint density at radius 2 is 1.51 bits per heavy atom. The number of rotatable bonds is 3. The second-order valence-electron chi connectivity index (χ2n) is 8.46. The van der Waals surface area contributed by atoms with Gasteiger partial charge in [0.15, 0.2) is 5.75 Å². The van der Waals surface area contributed by atoms with E-state index >= 15 is 0 Å². The molecule has 35 heavy (non-hydrogen) atoms. The highest BCUT2D eigenvalue weighted by atomic mass is 16.5. The quantitative estimate of drug-likeness (QED) is 0.258. The molecule has 4 nitrogen and oxygen atoms in total. The standard InChI is InChI=1S/C31H17NO3/c33-31-24-10-2-4-13-27(24)35-28-16-15-20(18-25(28)31)19-7-5-8-21(17-19)34-29-14-6-11-23-22-9-1-3-12-26(22)32-30(23)29/h1-7,9-18H. The van der Waals surface area contributed by atoms with Gasteiger partial charge in [0, 0.05) is 17.2 Å². The van der Waals surface area contributed by atoms with Crippen molar-refractivity contribution in [2.45, 2.75) is 0 Å². The third kappa shape index (κ3) is 3.19. The van der Waals surface area contributed by atoms with Gasteiger partial charge in [0.2, 0.25) is 5.43 Å². The van der Waals surface area contributed by atoms with Crippen LogP contribution in [0.2, 0.25) is 0 Å². The summed E-state index contributed by atoms with van der Waals surface area (Å²) in [5, 5.41) is 5.90. The van der Waals surface area contributed by atoms with Crippen LogP contribution in [0.25, 0.3) is 44.2 Å². The first-order valence-electron chi connectivity index (χ1n) is 11.3. The maximum atomic E-state index is 13.1. The zero-order chi connectivity index (χ0) is 23.4. The summed E-state index contributed by atoms with van der Waals surface area (Å²) in [6.45, 7) is 0. The van der Waals surface area contributed by atoms with E-state index in [1.807, 2.05) is 84.9 Å². The van der Waals surface area contributed by atoms with Gasteiger partial charge in [-0.2, -0.15) is 0 Å². The van der Waals surface area contributed by atoms with Gasteiger partial charge < -0.3 is 9.15 Å². The van der Waals surface area contributed by atoms with E-state index < -0.39 is 0 Å². The van der Waals surface area contributed by atoms with E-state index in [0.29, 0.717) is 33.4 Å². The summed E-state index contributed by atoms with van der Waals surface area (Å²) in [5.41, 5.74) is 6.86. The van der Waals surface area contributed by atoms with Crippen LogP contribution in [0.15, 0.2) is 112 Å². The summed E-state index contributed by atoms with van der Waals surface area (Å²) in [5.74, 6) is 1.26. The van der Waals surface area contributed by atoms with E-state index in [-0.39, 0.29) is 5.43 Å². The maximum Gasteiger partial charge on any atom is 0.200 e. The normalized spacial score (nSPS) is 11.8. The molecule has 2 radical (unpaired) electrons. The Kier molecular flexibility index (Phi) is 4.26. The molecular weight excluding hydrogens is 434 g/mol. The summed E-state index contributed by atoms with van der Waals surface area (Å²) >= 11 is 0. The van der Waals surface area contributed by atoms with E-state index in [0.717, 1.165) is 33.6 Å². The highest BCUT2D eigenvalue weighted by Crippen LogP contribution is 2.48. The summed E-state index contributed by atoms with van der Waals surface area (Å²) in [6, 6.07) is 35.9. The number of nitrogens with zero attached hydrogens (tertiary/aromatic N) is 1. The van der Waals surface area contributed by atoms with Gasteiger partial charge in [-0.3, -0.25) is 4.79 Å². The SMILES string of the molecule is O=c1c2ccccc2oc2ccc(-c3cc[c]c(Oc4cccc5c4[N]c4ccccc4-5)c3)cc12. The Morgan fingerprint density at radius 3 is 2.49 bits per heavy atom. The maximum absolute atomic E-state index is 13.1. The molecule has 0 saturated heterocycles. The van der Waals surface area contributed by atoms with E-state index in [4.69, 9.17) is 14.5 Å². The minimum atomic E-state index is -0.0382. The lowest BCUT2D eigenvalue weighted by Gasteiger charge is -2.11. The fraction of sp³-hybridized carbons (Fsp3) is 0. The van der Waals surface area contributed by atoms with E-state index in [1.165, 1.54) is 0 Å². The van der Waals surface area contributed by atoms with Crippen LogP contribution >= 0.6 is 0 Å². The average Bonchev–Trinajstić information content (AvgIpc) is 3.29. The van der Waals surface area contributed by atoms with Crippen LogP contribution in [0.5, 0.6) is 11.5 Å². The molecule has 0 unspecified atom stereocenters. The van der Waals surface area contributed by atoms with Crippen LogP contribution in [0, 0.1) is 6.07 Å². The van der Waals surface area contributed by atoms with Crippen molar-refractivity contribution in [2.75, 3.05) is 0 Å². The summed E-state index contributed by atoms with van der Waals surface area (Å²) in [6.07, 6.45) is 0. The predicted octanol–water partition coefficient (Wildman–Crippen LogP) is 7.75. The van der Waals surface area contributed by atoms with Gasteiger partial charge in [0.05, 0.1) is 16.5 Å². The second kappa shape index (κ2) is 7.61. The van der Waals surface area contributed by atoms with Gasteiger partial charge in [0.25, 0.3) is 0 Å². The number of benzene rings is 5. The molecule has 0 aliphatic carbocycles. The first kappa shape index (κ1) is 19.6. The molecule has 2 heterocycles. The van der Waals surface area contributed by atoms with Crippen LogP contribution in [0.1, 0.15) is 0 Å². The third-order valence-electron chi connectivity index (χ3n) is 6.33. The zero-order valence-corrected chi connectivity index (χ0v) is 18.5. The van der Waals surface area contributed by atoms with Crippen molar-refractivity contribution in [1.82, 2.24) is 5.32 Å². The number of hydrogen-bond acceptors (Lipinski definition) is 3. The lowest BCUT2D eigenvalue weighted by Crippen LogP contribution is -2.01. The Hall–Kier alpha value is -4.83. The van der Waals surface area contributed by atoms with Crippen molar-refractivity contribution in [3.63, 3.8) is 0 Å². The van der Waals surface area contributed by atoms with Crippen molar-refractivity contribution in [3.8, 4) is 33.8 Å². The Labute approximate surface area is 201 Å². The molecule has 5 aromatic carbocycles. The molecule has 1 aliphatic heterocycles. The summed E-state index contributed by atoms with van der Waals surface area (Å²) in [4.78, 5) is 13.1. The second-order valence-corrected chi connectivity index (χ2v) is 8.46. The molecule has 0 amide bonds. The Bertz CT molecular complexity index is 1830. The number of fused-ring (bicyclic) bond motifs is 5. The lowest BCUT2D eigenvalue weighted by molar-refractivity contribution is 0.482. The molecule has 164 valence electrons. The summed E-state index contributed by atoms with van der Waals surface area (Å²) in [7, 11) is 0. The fourth-order valence-electron chi connectivity index (χ4n) is 4.64. The Morgan fingerprint density at radius 1 is 0.714 bits per heavy atom. The highest BCUT2D eigenvalue weighted by molar-refractivity contribution is 5.94. The number of hydrogen-bond donors (Lipinski definition) is 0. The first-order valence-corrected chi connectivity index (χ1v) is 11.3. The van der Waals surface area contributed by atoms with Crippen LogP contribution in [-0.2, 0) is 0 Å². The van der Waals surface area contributed by atoms with Crippen molar-refractivity contribution in [3.05, 3.63) is 119 Å². The van der Waals surface area contributed by atoms with Crippen LogP contribution in [-0.4, -0.2) is 0 Å². The Balaban J connectivity index is 1.27. The molecule has 1 aromatic heterocycles. The monoisotopic (exact) mass is 451 g/mol. The van der Waals surface area contributed by atoms with E-state index in [9.17, 15) is 4.79 Å². The molecule has 0 fully saturated rings. The predicted molar refractivity (Wildman–Crippen MR) is 138 cm³/mol.